The van der Waals surface area contributed by atoms with Gasteiger partial charge in [0.05, 0.1) is 6.10 Å². The van der Waals surface area contributed by atoms with Crippen molar-refractivity contribution in [1.82, 2.24) is 0 Å². The number of hydrogen-bond acceptors (Lipinski definition) is 2. The Kier molecular flexibility index (Phi) is 3.62. The monoisotopic (exact) mass is 219 g/mol. The summed E-state index contributed by atoms with van der Waals surface area (Å²) >= 11 is 0. The third kappa shape index (κ3) is 2.63. The molecule has 2 N–H and O–H groups in total. The van der Waals surface area contributed by atoms with Gasteiger partial charge < -0.3 is 10.5 Å². The second kappa shape index (κ2) is 4.98. The van der Waals surface area contributed by atoms with Crippen LogP contribution in [0.2, 0.25) is 0 Å². The van der Waals surface area contributed by atoms with Gasteiger partial charge in [-0.1, -0.05) is 23.8 Å². The summed E-state index contributed by atoms with van der Waals surface area (Å²) in [5.41, 5.74) is 10.1. The van der Waals surface area contributed by atoms with Crippen LogP contribution in [0.15, 0.2) is 18.2 Å². The third-order valence-electron chi connectivity index (χ3n) is 3.38. The Morgan fingerprint density at radius 2 is 2.25 bits per heavy atom. The highest BCUT2D eigenvalue weighted by molar-refractivity contribution is 5.32. The molecule has 1 saturated heterocycles. The van der Waals surface area contributed by atoms with E-state index in [4.69, 9.17) is 10.5 Å². The lowest BCUT2D eigenvalue weighted by Gasteiger charge is -2.18. The SMILES string of the molecule is Cc1ccc(C)c(C(N)CC2CCCO2)c1. The van der Waals surface area contributed by atoms with Gasteiger partial charge in [-0.3, -0.25) is 0 Å². The predicted octanol–water partition coefficient (Wildman–Crippen LogP) is 2.87. The van der Waals surface area contributed by atoms with Gasteiger partial charge in [-0.25, -0.2) is 0 Å². The Morgan fingerprint density at radius 3 is 2.94 bits per heavy atom. The third-order valence-corrected chi connectivity index (χ3v) is 3.38. The first-order chi connectivity index (χ1) is 7.66. The summed E-state index contributed by atoms with van der Waals surface area (Å²) in [6.45, 7) is 5.15. The number of ether oxygens (including phenoxy) is 1. The summed E-state index contributed by atoms with van der Waals surface area (Å²) in [6, 6.07) is 6.61. The molecule has 0 radical (unpaired) electrons. The van der Waals surface area contributed by atoms with Crippen LogP contribution in [0.25, 0.3) is 0 Å². The van der Waals surface area contributed by atoms with Gasteiger partial charge in [0.15, 0.2) is 0 Å². The Morgan fingerprint density at radius 1 is 1.44 bits per heavy atom. The van der Waals surface area contributed by atoms with Gasteiger partial charge in [-0.05, 0) is 44.2 Å². The van der Waals surface area contributed by atoms with Crippen molar-refractivity contribution in [3.05, 3.63) is 34.9 Å². The summed E-state index contributed by atoms with van der Waals surface area (Å²) in [6.07, 6.45) is 3.67. The highest BCUT2D eigenvalue weighted by atomic mass is 16.5. The molecule has 0 aromatic heterocycles. The van der Waals surface area contributed by atoms with Crippen molar-refractivity contribution in [3.63, 3.8) is 0 Å². The first-order valence-corrected chi connectivity index (χ1v) is 6.11. The zero-order valence-electron chi connectivity index (χ0n) is 10.2. The zero-order chi connectivity index (χ0) is 11.5. The van der Waals surface area contributed by atoms with E-state index in [0.717, 1.165) is 13.0 Å². The molecule has 0 amide bonds. The van der Waals surface area contributed by atoms with Gasteiger partial charge >= 0.3 is 0 Å². The standard InChI is InChI=1S/C14H21NO/c1-10-5-6-11(2)13(8-10)14(15)9-12-4-3-7-16-12/h5-6,8,12,14H,3-4,7,9,15H2,1-2H3. The highest BCUT2D eigenvalue weighted by Crippen LogP contribution is 2.25. The van der Waals surface area contributed by atoms with Gasteiger partial charge in [0, 0.05) is 12.6 Å². The number of rotatable bonds is 3. The van der Waals surface area contributed by atoms with Crippen LogP contribution in [0, 0.1) is 13.8 Å². The van der Waals surface area contributed by atoms with Crippen LogP contribution in [0.1, 0.15) is 42.0 Å². The summed E-state index contributed by atoms with van der Waals surface area (Å²) in [5, 5.41) is 0. The Bertz CT molecular complexity index is 356. The first kappa shape index (κ1) is 11.6. The molecule has 2 unspecified atom stereocenters. The second-order valence-electron chi connectivity index (χ2n) is 4.84. The first-order valence-electron chi connectivity index (χ1n) is 6.11. The molecule has 1 heterocycles. The fraction of sp³-hybridized carbons (Fsp3) is 0.571. The maximum Gasteiger partial charge on any atom is 0.0594 e. The van der Waals surface area contributed by atoms with Crippen LogP contribution in [0.3, 0.4) is 0 Å². The van der Waals surface area contributed by atoms with Crippen molar-refractivity contribution in [1.29, 1.82) is 0 Å². The van der Waals surface area contributed by atoms with E-state index in [9.17, 15) is 0 Å². The number of hydrogen-bond donors (Lipinski definition) is 1. The van der Waals surface area contributed by atoms with Gasteiger partial charge in [-0.2, -0.15) is 0 Å². The van der Waals surface area contributed by atoms with E-state index in [-0.39, 0.29) is 6.04 Å². The fourth-order valence-electron chi connectivity index (χ4n) is 2.40. The quantitative estimate of drug-likeness (QED) is 0.848. The molecular formula is C14H21NO. The molecule has 0 saturated carbocycles. The van der Waals surface area contributed by atoms with E-state index in [1.807, 2.05) is 0 Å². The van der Waals surface area contributed by atoms with Gasteiger partial charge in [0.2, 0.25) is 0 Å². The summed E-state index contributed by atoms with van der Waals surface area (Å²) < 4.78 is 5.64. The molecule has 1 aromatic rings. The molecular weight excluding hydrogens is 198 g/mol. The van der Waals surface area contributed by atoms with Crippen LogP contribution in [-0.4, -0.2) is 12.7 Å². The number of nitrogens with two attached hydrogens (primary N) is 1. The lowest BCUT2D eigenvalue weighted by molar-refractivity contribution is 0.0983. The average molecular weight is 219 g/mol. The molecule has 1 aliphatic rings. The van der Waals surface area contributed by atoms with E-state index >= 15 is 0 Å². The van der Waals surface area contributed by atoms with Crippen molar-refractivity contribution < 1.29 is 4.74 Å². The molecule has 2 rings (SSSR count). The number of benzene rings is 1. The molecule has 2 atom stereocenters. The van der Waals surface area contributed by atoms with Crippen molar-refractivity contribution in [3.8, 4) is 0 Å². The summed E-state index contributed by atoms with van der Waals surface area (Å²) in [4.78, 5) is 0. The predicted molar refractivity (Wildman–Crippen MR) is 66.4 cm³/mol. The normalized spacial score (nSPS) is 22.3. The Labute approximate surface area is 97.8 Å². The summed E-state index contributed by atoms with van der Waals surface area (Å²) in [7, 11) is 0. The van der Waals surface area contributed by atoms with Crippen LogP contribution in [-0.2, 0) is 4.74 Å². The second-order valence-corrected chi connectivity index (χ2v) is 4.84. The van der Waals surface area contributed by atoms with Crippen LogP contribution >= 0.6 is 0 Å². The minimum Gasteiger partial charge on any atom is -0.378 e. The molecule has 0 aliphatic carbocycles. The van der Waals surface area contributed by atoms with E-state index in [2.05, 4.69) is 32.0 Å². The van der Waals surface area contributed by atoms with Crippen molar-refractivity contribution in [2.45, 2.75) is 45.3 Å². The average Bonchev–Trinajstić information content (AvgIpc) is 2.74. The lowest BCUT2D eigenvalue weighted by Crippen LogP contribution is -2.19. The molecule has 0 bridgehead atoms. The largest absolute Gasteiger partial charge is 0.378 e. The molecule has 1 aliphatic heterocycles. The Balaban J connectivity index is 2.07. The molecule has 1 fully saturated rings. The maximum absolute atomic E-state index is 6.26. The van der Waals surface area contributed by atoms with E-state index in [1.165, 1.54) is 29.5 Å². The molecule has 16 heavy (non-hydrogen) atoms. The maximum atomic E-state index is 6.26. The topological polar surface area (TPSA) is 35.2 Å². The van der Waals surface area contributed by atoms with Crippen molar-refractivity contribution in [2.24, 2.45) is 5.73 Å². The zero-order valence-corrected chi connectivity index (χ0v) is 10.2. The minimum atomic E-state index is 0.114. The van der Waals surface area contributed by atoms with Crippen LogP contribution in [0.5, 0.6) is 0 Å². The molecule has 0 spiro atoms. The van der Waals surface area contributed by atoms with Crippen LogP contribution < -0.4 is 5.73 Å². The summed E-state index contributed by atoms with van der Waals surface area (Å²) in [5.74, 6) is 0. The van der Waals surface area contributed by atoms with Crippen molar-refractivity contribution in [2.75, 3.05) is 6.61 Å². The van der Waals surface area contributed by atoms with Crippen molar-refractivity contribution >= 4 is 0 Å². The Hall–Kier alpha value is -0.860. The van der Waals surface area contributed by atoms with Gasteiger partial charge in [-0.15, -0.1) is 0 Å². The molecule has 88 valence electrons. The van der Waals surface area contributed by atoms with E-state index in [0.29, 0.717) is 6.10 Å². The van der Waals surface area contributed by atoms with Crippen LogP contribution in [0.4, 0.5) is 0 Å². The molecule has 2 nitrogen and oxygen atoms in total. The molecule has 1 aromatic carbocycles. The smallest absolute Gasteiger partial charge is 0.0594 e. The fourth-order valence-corrected chi connectivity index (χ4v) is 2.40. The van der Waals surface area contributed by atoms with E-state index in [1.54, 1.807) is 0 Å². The molecule has 2 heteroatoms. The van der Waals surface area contributed by atoms with Gasteiger partial charge in [0.25, 0.3) is 0 Å². The van der Waals surface area contributed by atoms with Gasteiger partial charge in [0.1, 0.15) is 0 Å². The highest BCUT2D eigenvalue weighted by Gasteiger charge is 2.20. The lowest BCUT2D eigenvalue weighted by atomic mass is 9.95. The number of aryl methyl sites for hydroxylation is 2. The minimum absolute atomic E-state index is 0.114. The van der Waals surface area contributed by atoms with E-state index < -0.39 is 0 Å².